The van der Waals surface area contributed by atoms with Gasteiger partial charge < -0.3 is 10.1 Å². The average Bonchev–Trinajstić information content (AvgIpc) is 2.33. The first-order valence-corrected chi connectivity index (χ1v) is 7.36. The maximum Gasteiger partial charge on any atom is 0.0622 e. The van der Waals surface area contributed by atoms with Gasteiger partial charge in [-0.3, -0.25) is 0 Å². The molecule has 0 aliphatic carbocycles. The standard InChI is InChI=1S/C17H29NO/c1-7-19-11-17(12(2)3)18-15(6)16-9-8-13(4)10-14(16)5/h8-10,12,15,17-18H,7,11H2,1-6H3. The predicted molar refractivity (Wildman–Crippen MR) is 82.6 cm³/mol. The van der Waals surface area contributed by atoms with Gasteiger partial charge in [0.2, 0.25) is 0 Å². The van der Waals surface area contributed by atoms with E-state index < -0.39 is 0 Å². The fraction of sp³-hybridized carbons (Fsp3) is 0.647. The predicted octanol–water partition coefficient (Wildman–Crippen LogP) is 4.02. The van der Waals surface area contributed by atoms with Crippen LogP contribution >= 0.6 is 0 Å². The first-order chi connectivity index (χ1) is 8.95. The Bertz CT molecular complexity index is 387. The highest BCUT2D eigenvalue weighted by Crippen LogP contribution is 2.20. The summed E-state index contributed by atoms with van der Waals surface area (Å²) in [5.41, 5.74) is 4.06. The van der Waals surface area contributed by atoms with E-state index >= 15 is 0 Å². The molecule has 0 aliphatic rings. The van der Waals surface area contributed by atoms with Crippen LogP contribution in [-0.2, 0) is 4.74 Å². The molecule has 0 spiro atoms. The Morgan fingerprint density at radius 1 is 1.16 bits per heavy atom. The monoisotopic (exact) mass is 263 g/mol. The van der Waals surface area contributed by atoms with Gasteiger partial charge in [-0.1, -0.05) is 37.6 Å². The molecule has 2 atom stereocenters. The molecule has 1 N–H and O–H groups in total. The Labute approximate surface area is 118 Å². The van der Waals surface area contributed by atoms with E-state index in [0.717, 1.165) is 13.2 Å². The van der Waals surface area contributed by atoms with Crippen molar-refractivity contribution in [2.75, 3.05) is 13.2 Å². The molecule has 1 aromatic carbocycles. The van der Waals surface area contributed by atoms with Crippen LogP contribution in [0.1, 0.15) is 50.4 Å². The van der Waals surface area contributed by atoms with Crippen LogP contribution in [0.15, 0.2) is 18.2 Å². The fourth-order valence-corrected chi connectivity index (χ4v) is 2.40. The van der Waals surface area contributed by atoms with Crippen molar-refractivity contribution in [3.8, 4) is 0 Å². The third-order valence-electron chi connectivity index (χ3n) is 3.66. The second-order valence-corrected chi connectivity index (χ2v) is 5.76. The van der Waals surface area contributed by atoms with E-state index in [-0.39, 0.29) is 0 Å². The Morgan fingerprint density at radius 2 is 1.84 bits per heavy atom. The molecule has 0 heterocycles. The number of nitrogens with one attached hydrogen (secondary N) is 1. The van der Waals surface area contributed by atoms with Crippen LogP contribution in [0.3, 0.4) is 0 Å². The smallest absolute Gasteiger partial charge is 0.0622 e. The van der Waals surface area contributed by atoms with Gasteiger partial charge in [0, 0.05) is 18.7 Å². The van der Waals surface area contributed by atoms with Crippen LogP contribution < -0.4 is 5.32 Å². The second-order valence-electron chi connectivity index (χ2n) is 5.76. The van der Waals surface area contributed by atoms with Crippen molar-refractivity contribution in [2.45, 2.75) is 53.6 Å². The summed E-state index contributed by atoms with van der Waals surface area (Å²) in [6, 6.07) is 7.43. The highest BCUT2D eigenvalue weighted by atomic mass is 16.5. The lowest BCUT2D eigenvalue weighted by Gasteiger charge is -2.27. The van der Waals surface area contributed by atoms with E-state index in [0.29, 0.717) is 18.0 Å². The van der Waals surface area contributed by atoms with Crippen LogP contribution in [0.25, 0.3) is 0 Å². The van der Waals surface area contributed by atoms with E-state index in [2.05, 4.69) is 58.1 Å². The Kier molecular flexibility index (Phi) is 6.53. The Balaban J connectivity index is 2.72. The van der Waals surface area contributed by atoms with Crippen molar-refractivity contribution >= 4 is 0 Å². The summed E-state index contributed by atoms with van der Waals surface area (Å²) in [6.45, 7) is 14.7. The molecule has 0 bridgehead atoms. The van der Waals surface area contributed by atoms with Crippen molar-refractivity contribution in [1.29, 1.82) is 0 Å². The molecular formula is C17H29NO. The highest BCUT2D eigenvalue weighted by molar-refractivity contribution is 5.32. The minimum Gasteiger partial charge on any atom is -0.380 e. The zero-order valence-electron chi connectivity index (χ0n) is 13.3. The molecule has 1 rings (SSSR count). The molecule has 2 heteroatoms. The zero-order valence-corrected chi connectivity index (χ0v) is 13.3. The molecule has 0 radical (unpaired) electrons. The normalized spacial score (nSPS) is 14.7. The molecule has 0 fully saturated rings. The summed E-state index contributed by atoms with van der Waals surface area (Å²) in [6.07, 6.45) is 0. The average molecular weight is 263 g/mol. The number of hydrogen-bond donors (Lipinski definition) is 1. The number of rotatable bonds is 7. The van der Waals surface area contributed by atoms with Crippen LogP contribution in [0.4, 0.5) is 0 Å². The quantitative estimate of drug-likeness (QED) is 0.802. The van der Waals surface area contributed by atoms with E-state index in [1.54, 1.807) is 0 Å². The zero-order chi connectivity index (χ0) is 14.4. The van der Waals surface area contributed by atoms with Crippen LogP contribution in [0.2, 0.25) is 0 Å². The van der Waals surface area contributed by atoms with Crippen molar-refractivity contribution in [3.63, 3.8) is 0 Å². The summed E-state index contributed by atoms with van der Waals surface area (Å²) >= 11 is 0. The lowest BCUT2D eigenvalue weighted by atomic mass is 9.97. The second kappa shape index (κ2) is 7.66. The van der Waals surface area contributed by atoms with Crippen LogP contribution in [0.5, 0.6) is 0 Å². The number of aryl methyl sites for hydroxylation is 2. The minimum atomic E-state index is 0.355. The maximum absolute atomic E-state index is 5.58. The first-order valence-electron chi connectivity index (χ1n) is 7.36. The molecule has 19 heavy (non-hydrogen) atoms. The SMILES string of the molecule is CCOCC(NC(C)c1ccc(C)cc1C)C(C)C. The lowest BCUT2D eigenvalue weighted by molar-refractivity contribution is 0.104. The highest BCUT2D eigenvalue weighted by Gasteiger charge is 2.17. The fourth-order valence-electron chi connectivity index (χ4n) is 2.40. The molecule has 0 aliphatic heterocycles. The maximum atomic E-state index is 5.58. The molecule has 0 saturated carbocycles. The number of hydrogen-bond acceptors (Lipinski definition) is 2. The number of ether oxygens (including phenoxy) is 1. The largest absolute Gasteiger partial charge is 0.380 e. The summed E-state index contributed by atoms with van der Waals surface area (Å²) < 4.78 is 5.58. The summed E-state index contributed by atoms with van der Waals surface area (Å²) in [5, 5.41) is 3.70. The molecule has 2 nitrogen and oxygen atoms in total. The lowest BCUT2D eigenvalue weighted by Crippen LogP contribution is -2.39. The van der Waals surface area contributed by atoms with Gasteiger partial charge in [0.05, 0.1) is 6.61 Å². The topological polar surface area (TPSA) is 21.3 Å². The van der Waals surface area contributed by atoms with E-state index in [9.17, 15) is 0 Å². The summed E-state index contributed by atoms with van der Waals surface area (Å²) in [7, 11) is 0. The minimum absolute atomic E-state index is 0.355. The van der Waals surface area contributed by atoms with E-state index in [1.807, 2.05) is 6.92 Å². The number of benzene rings is 1. The first kappa shape index (κ1) is 16.2. The van der Waals surface area contributed by atoms with Crippen molar-refractivity contribution in [2.24, 2.45) is 5.92 Å². The van der Waals surface area contributed by atoms with Gasteiger partial charge in [-0.25, -0.2) is 0 Å². The van der Waals surface area contributed by atoms with Crippen molar-refractivity contribution in [1.82, 2.24) is 5.32 Å². The van der Waals surface area contributed by atoms with Crippen molar-refractivity contribution in [3.05, 3.63) is 34.9 Å². The summed E-state index contributed by atoms with van der Waals surface area (Å²) in [5.74, 6) is 0.569. The van der Waals surface area contributed by atoms with Gasteiger partial charge in [-0.05, 0) is 44.7 Å². The van der Waals surface area contributed by atoms with Gasteiger partial charge in [-0.15, -0.1) is 0 Å². The van der Waals surface area contributed by atoms with Crippen molar-refractivity contribution < 1.29 is 4.74 Å². The van der Waals surface area contributed by atoms with E-state index in [4.69, 9.17) is 4.74 Å². The van der Waals surface area contributed by atoms with Gasteiger partial charge in [0.1, 0.15) is 0 Å². The Hall–Kier alpha value is -0.860. The van der Waals surface area contributed by atoms with Gasteiger partial charge in [-0.2, -0.15) is 0 Å². The third kappa shape index (κ3) is 4.96. The molecule has 1 aromatic rings. The Morgan fingerprint density at radius 3 is 2.37 bits per heavy atom. The molecule has 0 amide bonds. The molecule has 0 aromatic heterocycles. The summed E-state index contributed by atoms with van der Waals surface area (Å²) in [4.78, 5) is 0. The molecular weight excluding hydrogens is 234 g/mol. The van der Waals surface area contributed by atoms with Crippen LogP contribution in [-0.4, -0.2) is 19.3 Å². The molecule has 2 unspecified atom stereocenters. The molecule has 108 valence electrons. The van der Waals surface area contributed by atoms with E-state index in [1.165, 1.54) is 16.7 Å². The third-order valence-corrected chi connectivity index (χ3v) is 3.66. The van der Waals surface area contributed by atoms with Gasteiger partial charge in [0.15, 0.2) is 0 Å². The van der Waals surface area contributed by atoms with Crippen LogP contribution in [0, 0.1) is 19.8 Å². The van der Waals surface area contributed by atoms with Gasteiger partial charge in [0.25, 0.3) is 0 Å². The van der Waals surface area contributed by atoms with Gasteiger partial charge >= 0.3 is 0 Å². The molecule has 0 saturated heterocycles.